The molecule has 1 rings (SSSR count). The lowest BCUT2D eigenvalue weighted by Crippen LogP contribution is -2.19. The van der Waals surface area contributed by atoms with E-state index < -0.39 is 18.1 Å². The molecule has 0 radical (unpaired) electrons. The minimum absolute atomic E-state index is 0.0338. The molecule has 0 aliphatic carbocycles. The third kappa shape index (κ3) is 5.07. The van der Waals surface area contributed by atoms with Crippen molar-refractivity contribution in [2.45, 2.75) is 25.0 Å². The van der Waals surface area contributed by atoms with Gasteiger partial charge in [0.15, 0.2) is 5.75 Å². The normalized spacial score (nSPS) is 11.1. The van der Waals surface area contributed by atoms with Crippen molar-refractivity contribution in [3.8, 4) is 11.6 Å². The van der Waals surface area contributed by atoms with Gasteiger partial charge in [0.2, 0.25) is 5.88 Å². The quantitative estimate of drug-likeness (QED) is 0.568. The second-order valence-corrected chi connectivity index (χ2v) is 4.31. The Labute approximate surface area is 127 Å². The van der Waals surface area contributed by atoms with E-state index in [0.29, 0.717) is 0 Å². The fraction of sp³-hybridized carbons (Fsp3) is 0.500. The number of pyridine rings is 1. The van der Waals surface area contributed by atoms with Gasteiger partial charge in [-0.25, -0.2) is 4.98 Å². The van der Waals surface area contributed by atoms with Gasteiger partial charge in [0.25, 0.3) is 0 Å². The molecule has 0 unspecified atom stereocenters. The van der Waals surface area contributed by atoms with Gasteiger partial charge in [0.05, 0.1) is 26.3 Å². The van der Waals surface area contributed by atoms with E-state index in [9.17, 15) is 18.0 Å². The minimum Gasteiger partial charge on any atom is -0.481 e. The summed E-state index contributed by atoms with van der Waals surface area (Å²) in [5.74, 6) is -1.03. The number of hydrogen-bond donors (Lipinski definition) is 0. The highest BCUT2D eigenvalue weighted by Crippen LogP contribution is 2.33. The molecule has 0 saturated heterocycles. The van der Waals surface area contributed by atoms with Gasteiger partial charge in [0, 0.05) is 16.5 Å². The summed E-state index contributed by atoms with van der Waals surface area (Å²) < 4.78 is 50.8. The first kappa shape index (κ1) is 17.5. The molecule has 0 aromatic carbocycles. The van der Waals surface area contributed by atoms with Gasteiger partial charge in [-0.1, -0.05) is 15.9 Å². The van der Waals surface area contributed by atoms with Crippen LogP contribution in [-0.2, 0) is 21.3 Å². The van der Waals surface area contributed by atoms with Crippen molar-refractivity contribution in [3.63, 3.8) is 0 Å². The van der Waals surface area contributed by atoms with E-state index in [4.69, 9.17) is 9.47 Å². The number of hydrogen-bond acceptors (Lipinski definition) is 5. The first-order chi connectivity index (χ1) is 9.82. The molecule has 1 heterocycles. The Balaban J connectivity index is 3.23. The fourth-order valence-corrected chi connectivity index (χ4v) is 2.24. The van der Waals surface area contributed by atoms with E-state index in [0.717, 1.165) is 6.20 Å². The van der Waals surface area contributed by atoms with Gasteiger partial charge in [0.1, 0.15) is 0 Å². The summed E-state index contributed by atoms with van der Waals surface area (Å²) in [6.45, 7) is 1.79. The molecule has 0 fully saturated rings. The molecule has 0 amide bonds. The van der Waals surface area contributed by atoms with Crippen LogP contribution in [0.15, 0.2) is 6.20 Å². The van der Waals surface area contributed by atoms with Gasteiger partial charge >= 0.3 is 12.3 Å². The highest BCUT2D eigenvalue weighted by Gasteiger charge is 2.33. The van der Waals surface area contributed by atoms with E-state index in [1.54, 1.807) is 6.92 Å². The van der Waals surface area contributed by atoms with Crippen molar-refractivity contribution in [1.29, 1.82) is 0 Å². The summed E-state index contributed by atoms with van der Waals surface area (Å²) in [6, 6.07) is 0. The van der Waals surface area contributed by atoms with E-state index in [-0.39, 0.29) is 35.4 Å². The van der Waals surface area contributed by atoms with E-state index in [1.807, 2.05) is 0 Å². The molecule has 0 spiro atoms. The van der Waals surface area contributed by atoms with Gasteiger partial charge < -0.3 is 14.2 Å². The van der Waals surface area contributed by atoms with Crippen LogP contribution in [0.25, 0.3) is 0 Å². The van der Waals surface area contributed by atoms with Gasteiger partial charge in [-0.05, 0) is 6.92 Å². The van der Waals surface area contributed by atoms with Gasteiger partial charge in [-0.15, -0.1) is 13.2 Å². The number of carbonyl (C=O) groups is 1. The molecule has 0 saturated carbocycles. The molecule has 0 N–H and O–H groups in total. The second-order valence-electron chi connectivity index (χ2n) is 3.75. The van der Waals surface area contributed by atoms with Crippen LogP contribution in [0.1, 0.15) is 18.1 Å². The van der Waals surface area contributed by atoms with Crippen molar-refractivity contribution in [1.82, 2.24) is 4.98 Å². The molecule has 0 aliphatic rings. The molecule has 118 valence electrons. The molecular formula is C12H13BrF3NO4. The van der Waals surface area contributed by atoms with Crippen LogP contribution >= 0.6 is 15.9 Å². The topological polar surface area (TPSA) is 57.7 Å². The molecular weight excluding hydrogens is 359 g/mol. The summed E-state index contributed by atoms with van der Waals surface area (Å²) in [4.78, 5) is 15.3. The predicted octanol–water partition coefficient (Wildman–Crippen LogP) is 2.99. The van der Waals surface area contributed by atoms with E-state index >= 15 is 0 Å². The third-order valence-electron chi connectivity index (χ3n) is 2.40. The van der Waals surface area contributed by atoms with Crippen LogP contribution in [0, 0.1) is 0 Å². The zero-order chi connectivity index (χ0) is 16.0. The van der Waals surface area contributed by atoms with Crippen molar-refractivity contribution < 1.29 is 32.2 Å². The summed E-state index contributed by atoms with van der Waals surface area (Å²) in [6.07, 6.45) is -4.22. The minimum atomic E-state index is -4.85. The van der Waals surface area contributed by atoms with Gasteiger partial charge in [-0.3, -0.25) is 4.79 Å². The third-order valence-corrected chi connectivity index (χ3v) is 2.96. The molecule has 0 aliphatic heterocycles. The van der Waals surface area contributed by atoms with Crippen LogP contribution in [0.4, 0.5) is 13.2 Å². The molecule has 21 heavy (non-hydrogen) atoms. The number of nitrogens with zero attached hydrogens (tertiary/aromatic N) is 1. The highest BCUT2D eigenvalue weighted by molar-refractivity contribution is 9.08. The van der Waals surface area contributed by atoms with Crippen molar-refractivity contribution in [3.05, 3.63) is 17.3 Å². The summed E-state index contributed by atoms with van der Waals surface area (Å²) in [5.41, 5.74) is 0.321. The average molecular weight is 372 g/mol. The molecule has 5 nitrogen and oxygen atoms in total. The number of rotatable bonds is 6. The van der Waals surface area contributed by atoms with Crippen LogP contribution in [0.2, 0.25) is 0 Å². The maximum atomic E-state index is 12.4. The van der Waals surface area contributed by atoms with E-state index in [2.05, 4.69) is 25.7 Å². The van der Waals surface area contributed by atoms with Crippen LogP contribution in [0.3, 0.4) is 0 Å². The molecule has 9 heteroatoms. The molecule has 1 aromatic rings. The maximum Gasteiger partial charge on any atom is 0.573 e. The first-order valence-corrected chi connectivity index (χ1v) is 6.96. The highest BCUT2D eigenvalue weighted by atomic mass is 79.9. The van der Waals surface area contributed by atoms with Crippen LogP contribution in [-0.4, -0.2) is 31.0 Å². The lowest BCUT2D eigenvalue weighted by molar-refractivity contribution is -0.275. The average Bonchev–Trinajstić information content (AvgIpc) is 2.37. The fourth-order valence-electron chi connectivity index (χ4n) is 1.62. The Morgan fingerprint density at radius 2 is 2.05 bits per heavy atom. The summed E-state index contributed by atoms with van der Waals surface area (Å²) >= 11 is 3.08. The number of carbonyl (C=O) groups excluding carboxylic acids is 1. The first-order valence-electron chi connectivity index (χ1n) is 5.84. The smallest absolute Gasteiger partial charge is 0.481 e. The maximum absolute atomic E-state index is 12.4. The largest absolute Gasteiger partial charge is 0.573 e. The van der Waals surface area contributed by atoms with Crippen molar-refractivity contribution >= 4 is 21.9 Å². The lowest BCUT2D eigenvalue weighted by atomic mass is 10.1. The predicted molar refractivity (Wildman–Crippen MR) is 70.4 cm³/mol. The zero-order valence-electron chi connectivity index (χ0n) is 11.3. The zero-order valence-corrected chi connectivity index (χ0v) is 12.9. The number of halogens is 4. The van der Waals surface area contributed by atoms with Crippen LogP contribution in [0.5, 0.6) is 11.6 Å². The van der Waals surface area contributed by atoms with Gasteiger partial charge in [-0.2, -0.15) is 0 Å². The Hall–Kier alpha value is -1.51. The molecule has 0 atom stereocenters. The molecule has 0 bridgehead atoms. The Morgan fingerprint density at radius 3 is 2.52 bits per heavy atom. The lowest BCUT2D eigenvalue weighted by Gasteiger charge is -2.16. The standard InChI is InChI=1S/C12H13BrF3NO4/c1-3-20-10(18)4-7-8(5-13)9(21-12(14,15)16)6-17-11(7)19-2/h6H,3-5H2,1-2H3. The Bertz CT molecular complexity index is 508. The SMILES string of the molecule is CCOC(=O)Cc1c(OC)ncc(OC(F)(F)F)c1CBr. The van der Waals surface area contributed by atoms with Crippen molar-refractivity contribution in [2.24, 2.45) is 0 Å². The number of ether oxygens (including phenoxy) is 3. The number of aromatic nitrogens is 1. The second kappa shape index (κ2) is 7.48. The number of methoxy groups -OCH3 is 1. The number of alkyl halides is 4. The molecule has 1 aromatic heterocycles. The summed E-state index contributed by atoms with van der Waals surface area (Å²) in [5, 5.41) is 0.0338. The summed E-state index contributed by atoms with van der Waals surface area (Å²) in [7, 11) is 1.30. The Kier molecular flexibility index (Phi) is 6.25. The monoisotopic (exact) mass is 371 g/mol. The Morgan fingerprint density at radius 1 is 1.38 bits per heavy atom. The van der Waals surface area contributed by atoms with Crippen molar-refractivity contribution in [2.75, 3.05) is 13.7 Å². The number of esters is 1. The van der Waals surface area contributed by atoms with E-state index in [1.165, 1.54) is 7.11 Å². The van der Waals surface area contributed by atoms with Crippen LogP contribution < -0.4 is 9.47 Å².